The Morgan fingerprint density at radius 3 is 2.56 bits per heavy atom. The Kier molecular flexibility index (Phi) is 5.79. The van der Waals surface area contributed by atoms with Gasteiger partial charge < -0.3 is 15.2 Å². The molecule has 2 heterocycles. The summed E-state index contributed by atoms with van der Waals surface area (Å²) < 4.78 is 1.98. The van der Waals surface area contributed by atoms with Gasteiger partial charge in [0.05, 0.1) is 6.33 Å². The quantitative estimate of drug-likeness (QED) is 0.679. The summed E-state index contributed by atoms with van der Waals surface area (Å²) in [6.07, 6.45) is 7.64. The van der Waals surface area contributed by atoms with Crippen molar-refractivity contribution in [1.29, 1.82) is 0 Å². The summed E-state index contributed by atoms with van der Waals surface area (Å²) in [5.74, 6) is -0.300. The largest absolute Gasteiger partial charge is 0.350 e. The average molecular weight is 438 g/mol. The molecule has 1 spiro atoms. The highest BCUT2D eigenvalue weighted by atomic mass is 16.2. The zero-order valence-electron chi connectivity index (χ0n) is 18.9. The van der Waals surface area contributed by atoms with Crippen LogP contribution in [0, 0.1) is 11.3 Å². The molecule has 2 N–H and O–H groups in total. The van der Waals surface area contributed by atoms with E-state index >= 15 is 0 Å². The average Bonchev–Trinajstić information content (AvgIpc) is 3.28. The molecule has 8 nitrogen and oxygen atoms in total. The van der Waals surface area contributed by atoms with Crippen molar-refractivity contribution in [1.82, 2.24) is 25.1 Å². The predicted octanol–water partition coefficient (Wildman–Crippen LogP) is 2.68. The first-order valence-corrected chi connectivity index (χ1v) is 11.1. The SMILES string of the molecule is CC1CC(C)(C)CC2(C1)NC(=O)N(CC(=O)NCc1ccc(Cn3ccnc3)cc1)C2=O. The normalized spacial score (nSPS) is 24.6. The van der Waals surface area contributed by atoms with Crippen LogP contribution in [0.2, 0.25) is 0 Å². The number of urea groups is 1. The highest BCUT2D eigenvalue weighted by Crippen LogP contribution is 2.46. The maximum atomic E-state index is 13.2. The molecule has 4 amide bonds. The molecular weight excluding hydrogens is 406 g/mol. The van der Waals surface area contributed by atoms with E-state index in [4.69, 9.17) is 0 Å². The van der Waals surface area contributed by atoms with Crippen LogP contribution in [0.1, 0.15) is 51.2 Å². The van der Waals surface area contributed by atoms with E-state index in [2.05, 4.69) is 36.4 Å². The van der Waals surface area contributed by atoms with E-state index in [0.717, 1.165) is 29.0 Å². The Morgan fingerprint density at radius 2 is 1.91 bits per heavy atom. The second-order valence-electron chi connectivity index (χ2n) is 10.1. The van der Waals surface area contributed by atoms with Crippen molar-refractivity contribution in [2.24, 2.45) is 11.3 Å². The van der Waals surface area contributed by atoms with Crippen LogP contribution in [0.25, 0.3) is 0 Å². The van der Waals surface area contributed by atoms with Crippen molar-refractivity contribution in [3.63, 3.8) is 0 Å². The Labute approximate surface area is 188 Å². The van der Waals surface area contributed by atoms with E-state index in [1.165, 1.54) is 0 Å². The van der Waals surface area contributed by atoms with Gasteiger partial charge in [-0.15, -0.1) is 0 Å². The fourth-order valence-electron chi connectivity index (χ4n) is 5.40. The van der Waals surface area contributed by atoms with Crippen molar-refractivity contribution in [3.8, 4) is 0 Å². The van der Waals surface area contributed by atoms with Gasteiger partial charge in [-0.3, -0.25) is 14.5 Å². The second kappa shape index (κ2) is 8.41. The fraction of sp³-hybridized carbons (Fsp3) is 0.500. The molecular formula is C24H31N5O3. The summed E-state index contributed by atoms with van der Waals surface area (Å²) in [6, 6.07) is 7.46. The minimum Gasteiger partial charge on any atom is -0.350 e. The van der Waals surface area contributed by atoms with Gasteiger partial charge in [0.25, 0.3) is 5.91 Å². The fourth-order valence-corrected chi connectivity index (χ4v) is 5.40. The third kappa shape index (κ3) is 4.69. The number of hydrogen-bond acceptors (Lipinski definition) is 4. The number of nitrogens with zero attached hydrogens (tertiary/aromatic N) is 3. The summed E-state index contributed by atoms with van der Waals surface area (Å²) in [4.78, 5) is 43.3. The summed E-state index contributed by atoms with van der Waals surface area (Å²) in [5.41, 5.74) is 1.16. The standard InChI is InChI=1S/C24H31N5O3/c1-17-10-23(2,3)15-24(11-17)21(31)29(22(32)27-24)14-20(30)26-12-18-4-6-19(7-5-18)13-28-9-8-25-16-28/h4-9,16-17H,10-15H2,1-3H3,(H,26,30)(H,27,32). The first kappa shape index (κ1) is 22.0. The van der Waals surface area contributed by atoms with E-state index in [0.29, 0.717) is 25.3 Å². The number of imide groups is 1. The summed E-state index contributed by atoms with van der Waals surface area (Å²) in [5, 5.41) is 5.73. The van der Waals surface area contributed by atoms with Gasteiger partial charge in [0.2, 0.25) is 5.91 Å². The zero-order chi connectivity index (χ0) is 22.9. The molecule has 1 saturated carbocycles. The maximum absolute atomic E-state index is 13.2. The predicted molar refractivity (Wildman–Crippen MR) is 119 cm³/mol. The maximum Gasteiger partial charge on any atom is 0.325 e. The Bertz CT molecular complexity index is 999. The monoisotopic (exact) mass is 437 g/mol. The summed E-state index contributed by atoms with van der Waals surface area (Å²) in [6.45, 7) is 7.16. The number of rotatable bonds is 6. The molecule has 4 rings (SSSR count). The van der Waals surface area contributed by atoms with Gasteiger partial charge in [-0.05, 0) is 41.7 Å². The van der Waals surface area contributed by atoms with Gasteiger partial charge in [0.15, 0.2) is 0 Å². The molecule has 32 heavy (non-hydrogen) atoms. The van der Waals surface area contributed by atoms with Crippen molar-refractivity contribution in [2.75, 3.05) is 6.54 Å². The second-order valence-corrected chi connectivity index (χ2v) is 10.1. The van der Waals surface area contributed by atoms with Crippen LogP contribution < -0.4 is 10.6 Å². The van der Waals surface area contributed by atoms with Crippen LogP contribution in [0.5, 0.6) is 0 Å². The minimum atomic E-state index is -0.885. The molecule has 8 heteroatoms. The lowest BCUT2D eigenvalue weighted by atomic mass is 9.64. The molecule has 1 aromatic carbocycles. The third-order valence-electron chi connectivity index (χ3n) is 6.36. The lowest BCUT2D eigenvalue weighted by Gasteiger charge is -2.43. The number of hydrogen-bond donors (Lipinski definition) is 2. The van der Waals surface area contributed by atoms with Gasteiger partial charge in [-0.25, -0.2) is 9.78 Å². The first-order valence-electron chi connectivity index (χ1n) is 11.1. The molecule has 1 aromatic heterocycles. The van der Waals surface area contributed by atoms with Crippen LogP contribution in [0.15, 0.2) is 43.0 Å². The summed E-state index contributed by atoms with van der Waals surface area (Å²) >= 11 is 0. The lowest BCUT2D eigenvalue weighted by Crippen LogP contribution is -2.54. The van der Waals surface area contributed by atoms with Crippen molar-refractivity contribution in [2.45, 2.75) is 58.7 Å². The Hall–Kier alpha value is -3.16. The van der Waals surface area contributed by atoms with E-state index in [1.54, 1.807) is 12.5 Å². The van der Waals surface area contributed by atoms with Crippen LogP contribution in [-0.4, -0.2) is 44.4 Å². The van der Waals surface area contributed by atoms with Crippen molar-refractivity contribution in [3.05, 3.63) is 54.1 Å². The molecule has 2 atom stereocenters. The topological polar surface area (TPSA) is 96.3 Å². The zero-order valence-corrected chi connectivity index (χ0v) is 18.9. The van der Waals surface area contributed by atoms with Gasteiger partial charge in [-0.1, -0.05) is 45.0 Å². The molecule has 2 unspecified atom stereocenters. The van der Waals surface area contributed by atoms with Crippen LogP contribution >= 0.6 is 0 Å². The number of aromatic nitrogens is 2. The molecule has 2 fully saturated rings. The van der Waals surface area contributed by atoms with E-state index < -0.39 is 11.6 Å². The number of carbonyl (C=O) groups is 3. The Balaban J connectivity index is 1.32. The third-order valence-corrected chi connectivity index (χ3v) is 6.36. The van der Waals surface area contributed by atoms with Gasteiger partial charge in [0.1, 0.15) is 12.1 Å². The molecule has 1 aliphatic heterocycles. The molecule has 2 aromatic rings. The van der Waals surface area contributed by atoms with Crippen LogP contribution in [-0.2, 0) is 22.7 Å². The van der Waals surface area contributed by atoms with Gasteiger partial charge in [0, 0.05) is 25.5 Å². The molecule has 1 aliphatic carbocycles. The van der Waals surface area contributed by atoms with E-state index in [-0.39, 0.29) is 23.8 Å². The number of benzene rings is 1. The molecule has 0 bridgehead atoms. The smallest absolute Gasteiger partial charge is 0.325 e. The lowest BCUT2D eigenvalue weighted by molar-refractivity contribution is -0.137. The first-order chi connectivity index (χ1) is 15.2. The number of nitrogens with one attached hydrogen (secondary N) is 2. The van der Waals surface area contributed by atoms with Crippen molar-refractivity contribution >= 4 is 17.8 Å². The number of amides is 4. The van der Waals surface area contributed by atoms with E-state index in [9.17, 15) is 14.4 Å². The molecule has 170 valence electrons. The molecule has 1 saturated heterocycles. The highest BCUT2D eigenvalue weighted by molar-refractivity contribution is 6.09. The van der Waals surface area contributed by atoms with Crippen LogP contribution in [0.3, 0.4) is 0 Å². The van der Waals surface area contributed by atoms with Crippen molar-refractivity contribution < 1.29 is 14.4 Å². The van der Waals surface area contributed by atoms with Crippen LogP contribution in [0.4, 0.5) is 4.79 Å². The number of carbonyl (C=O) groups excluding carboxylic acids is 3. The van der Waals surface area contributed by atoms with Gasteiger partial charge >= 0.3 is 6.03 Å². The highest BCUT2D eigenvalue weighted by Gasteiger charge is 2.56. The van der Waals surface area contributed by atoms with Gasteiger partial charge in [-0.2, -0.15) is 0 Å². The Morgan fingerprint density at radius 1 is 1.19 bits per heavy atom. The molecule has 2 aliphatic rings. The molecule has 0 radical (unpaired) electrons. The minimum absolute atomic E-state index is 0.0388. The number of imidazole rings is 1. The van der Waals surface area contributed by atoms with E-state index in [1.807, 2.05) is 35.0 Å². The summed E-state index contributed by atoms with van der Waals surface area (Å²) in [7, 11) is 0.